The van der Waals surface area contributed by atoms with Gasteiger partial charge in [-0.15, -0.1) is 0 Å². The van der Waals surface area contributed by atoms with Crippen LogP contribution >= 0.6 is 0 Å². The third-order valence-electron chi connectivity index (χ3n) is 6.00. The highest BCUT2D eigenvalue weighted by atomic mass is 16.6. The summed E-state index contributed by atoms with van der Waals surface area (Å²) >= 11 is 0. The molecule has 0 radical (unpaired) electrons. The van der Waals surface area contributed by atoms with Gasteiger partial charge in [0.25, 0.3) is 11.8 Å². The van der Waals surface area contributed by atoms with E-state index in [2.05, 4.69) is 20.6 Å². The lowest BCUT2D eigenvalue weighted by molar-refractivity contribution is -0.176. The number of ketones is 1. The van der Waals surface area contributed by atoms with Crippen LogP contribution in [0.25, 0.3) is 0 Å². The normalized spacial score (nSPS) is 20.9. The van der Waals surface area contributed by atoms with Crippen LogP contribution in [0.4, 0.5) is 0 Å². The quantitative estimate of drug-likeness (QED) is 0.368. The number of methoxy groups -OCH3 is 1. The van der Waals surface area contributed by atoms with E-state index in [-0.39, 0.29) is 37.5 Å². The van der Waals surface area contributed by atoms with E-state index in [1.165, 1.54) is 32.4 Å². The van der Waals surface area contributed by atoms with Gasteiger partial charge >= 0.3 is 0 Å². The number of hydrogen-bond acceptors (Lipinski definition) is 8. The Morgan fingerprint density at radius 3 is 2.53 bits per heavy atom. The van der Waals surface area contributed by atoms with Gasteiger partial charge in [-0.3, -0.25) is 29.0 Å². The topological polar surface area (TPSA) is 147 Å². The number of fused-ring (bicyclic) bond motifs is 1. The zero-order valence-electron chi connectivity index (χ0n) is 20.6. The van der Waals surface area contributed by atoms with Crippen LogP contribution in [0, 0.1) is 0 Å². The monoisotopic (exact) mass is 501 g/mol. The van der Waals surface area contributed by atoms with E-state index in [0.717, 1.165) is 5.01 Å². The van der Waals surface area contributed by atoms with E-state index in [4.69, 9.17) is 4.74 Å². The number of nitrogens with one attached hydrogen (secondary N) is 2. The average molecular weight is 502 g/mol. The molecule has 0 aliphatic carbocycles. The number of oxime groups is 1. The number of hydrogen-bond donors (Lipinski definition) is 2. The molecule has 12 heteroatoms. The number of hydrazine groups is 1. The molecule has 3 unspecified atom stereocenters. The van der Waals surface area contributed by atoms with Gasteiger partial charge in [0.2, 0.25) is 11.8 Å². The van der Waals surface area contributed by atoms with Crippen LogP contribution in [-0.4, -0.2) is 84.5 Å². The molecule has 2 saturated heterocycles. The molecule has 2 N–H and O–H groups in total. The van der Waals surface area contributed by atoms with Gasteiger partial charge in [-0.25, -0.2) is 5.01 Å². The highest BCUT2D eigenvalue weighted by Gasteiger charge is 2.44. The Bertz CT molecular complexity index is 1030. The molecule has 12 nitrogen and oxygen atoms in total. The van der Waals surface area contributed by atoms with E-state index >= 15 is 0 Å². The van der Waals surface area contributed by atoms with Crippen LogP contribution in [0.1, 0.15) is 49.4 Å². The number of Topliss-reactive ketones (excluding diaryl/α,β-unsaturated/α-hetero) is 1. The molecule has 0 saturated carbocycles. The maximum Gasteiger partial charge on any atom is 0.264 e. The number of amides is 4. The van der Waals surface area contributed by atoms with Crippen LogP contribution in [0.5, 0.6) is 5.75 Å². The van der Waals surface area contributed by atoms with Crippen molar-refractivity contribution in [3.8, 4) is 5.75 Å². The Labute approximate surface area is 208 Å². The maximum absolute atomic E-state index is 13.6. The number of ether oxygens (including phenoxy) is 1. The first-order valence-corrected chi connectivity index (χ1v) is 11.7. The molecular formula is C24H31N5O7. The van der Waals surface area contributed by atoms with E-state index in [1.807, 2.05) is 0 Å². The number of carbonyl (C=O) groups is 5. The molecule has 0 aromatic heterocycles. The summed E-state index contributed by atoms with van der Waals surface area (Å²) in [4.78, 5) is 68.7. The lowest BCUT2D eigenvalue weighted by Gasteiger charge is -2.43. The zero-order chi connectivity index (χ0) is 26.2. The number of rotatable bonds is 9. The largest absolute Gasteiger partial charge is 0.497 e. The molecule has 0 bridgehead atoms. The fraction of sp³-hybridized carbons (Fsp3) is 0.500. The summed E-state index contributed by atoms with van der Waals surface area (Å²) in [5.74, 6) is -1.45. The molecular weight excluding hydrogens is 470 g/mol. The SMILES string of the molecule is CO/N=C/C(CC(C)=O)NC(=O)C1CCCN2C(=O)CCC(NC(=O)c3ccc(OC)cc3)C(=O)N12. The van der Waals surface area contributed by atoms with Gasteiger partial charge in [0.15, 0.2) is 0 Å². The van der Waals surface area contributed by atoms with Gasteiger partial charge in [-0.2, -0.15) is 0 Å². The molecule has 3 rings (SSSR count). The van der Waals surface area contributed by atoms with Crippen molar-refractivity contribution in [1.29, 1.82) is 0 Å². The Hall–Kier alpha value is -3.96. The van der Waals surface area contributed by atoms with Crippen LogP contribution in [0.2, 0.25) is 0 Å². The zero-order valence-corrected chi connectivity index (χ0v) is 20.6. The first kappa shape index (κ1) is 26.6. The van der Waals surface area contributed by atoms with Crippen molar-refractivity contribution in [2.24, 2.45) is 5.16 Å². The fourth-order valence-corrected chi connectivity index (χ4v) is 4.25. The molecule has 2 aliphatic rings. The van der Waals surface area contributed by atoms with Crippen molar-refractivity contribution in [1.82, 2.24) is 20.7 Å². The molecule has 2 fully saturated rings. The van der Waals surface area contributed by atoms with Crippen molar-refractivity contribution < 1.29 is 33.5 Å². The van der Waals surface area contributed by atoms with Crippen molar-refractivity contribution in [3.63, 3.8) is 0 Å². The van der Waals surface area contributed by atoms with Gasteiger partial charge in [-0.1, -0.05) is 5.16 Å². The van der Waals surface area contributed by atoms with E-state index in [1.54, 1.807) is 24.3 Å². The lowest BCUT2D eigenvalue weighted by Crippen LogP contribution is -2.64. The van der Waals surface area contributed by atoms with Crippen molar-refractivity contribution in [2.75, 3.05) is 20.8 Å². The summed E-state index contributed by atoms with van der Waals surface area (Å²) in [5.41, 5.74) is 0.327. The summed E-state index contributed by atoms with van der Waals surface area (Å²) < 4.78 is 5.10. The Morgan fingerprint density at radius 2 is 1.89 bits per heavy atom. The Morgan fingerprint density at radius 1 is 1.17 bits per heavy atom. The van der Waals surface area contributed by atoms with Crippen LogP contribution < -0.4 is 15.4 Å². The van der Waals surface area contributed by atoms with Gasteiger partial charge in [0.1, 0.15) is 30.7 Å². The second-order valence-corrected chi connectivity index (χ2v) is 8.61. The maximum atomic E-state index is 13.6. The molecule has 2 aliphatic heterocycles. The first-order valence-electron chi connectivity index (χ1n) is 11.7. The highest BCUT2D eigenvalue weighted by molar-refractivity contribution is 6.00. The molecule has 3 atom stereocenters. The smallest absolute Gasteiger partial charge is 0.264 e. The number of benzene rings is 1. The van der Waals surface area contributed by atoms with E-state index in [0.29, 0.717) is 24.2 Å². The van der Waals surface area contributed by atoms with Gasteiger partial charge in [0.05, 0.1) is 19.4 Å². The third kappa shape index (κ3) is 6.37. The molecule has 4 amide bonds. The molecule has 36 heavy (non-hydrogen) atoms. The van der Waals surface area contributed by atoms with Crippen molar-refractivity contribution in [2.45, 2.75) is 57.2 Å². The van der Waals surface area contributed by atoms with Crippen LogP contribution in [0.15, 0.2) is 29.4 Å². The summed E-state index contributed by atoms with van der Waals surface area (Å²) in [5, 5.41) is 11.5. The summed E-state index contributed by atoms with van der Waals surface area (Å²) in [7, 11) is 2.85. The second kappa shape index (κ2) is 12.1. The van der Waals surface area contributed by atoms with Gasteiger partial charge in [0, 0.05) is 24.9 Å². The van der Waals surface area contributed by atoms with Crippen molar-refractivity contribution in [3.05, 3.63) is 29.8 Å². The molecule has 194 valence electrons. The second-order valence-electron chi connectivity index (χ2n) is 8.61. The van der Waals surface area contributed by atoms with E-state index < -0.39 is 35.8 Å². The third-order valence-corrected chi connectivity index (χ3v) is 6.00. The lowest BCUT2D eigenvalue weighted by atomic mass is 10.0. The van der Waals surface area contributed by atoms with Crippen molar-refractivity contribution >= 4 is 35.6 Å². The standard InChI is InChI=1S/C24H31N5O7/c1-15(30)13-17(14-25-36-3)26-23(33)20-5-4-12-28-21(31)11-10-19(24(34)29(20)28)27-22(32)16-6-8-18(35-2)9-7-16/h6-9,14,17,19-20H,4-5,10-13H2,1-3H3,(H,26,33)(H,27,32)/b25-14+. The number of nitrogens with zero attached hydrogens (tertiary/aromatic N) is 3. The minimum Gasteiger partial charge on any atom is -0.497 e. The number of carbonyl (C=O) groups excluding carboxylic acids is 5. The summed E-state index contributed by atoms with van der Waals surface area (Å²) in [6.07, 6.45) is 2.26. The minimum atomic E-state index is -0.995. The van der Waals surface area contributed by atoms with Crippen LogP contribution in [-0.2, 0) is 24.0 Å². The van der Waals surface area contributed by atoms with E-state index in [9.17, 15) is 24.0 Å². The highest BCUT2D eigenvalue weighted by Crippen LogP contribution is 2.25. The summed E-state index contributed by atoms with van der Waals surface area (Å²) in [6.45, 7) is 1.67. The predicted molar refractivity (Wildman–Crippen MR) is 128 cm³/mol. The minimum absolute atomic E-state index is 0.0115. The van der Waals surface area contributed by atoms with Gasteiger partial charge in [-0.05, 0) is 50.5 Å². The predicted octanol–water partition coefficient (Wildman–Crippen LogP) is 0.418. The van der Waals surface area contributed by atoms with Crippen LogP contribution in [0.3, 0.4) is 0 Å². The summed E-state index contributed by atoms with van der Waals surface area (Å²) in [6, 6.07) is 3.67. The first-order chi connectivity index (χ1) is 17.2. The average Bonchev–Trinajstić information content (AvgIpc) is 2.99. The fourth-order valence-electron chi connectivity index (χ4n) is 4.25. The molecule has 1 aromatic carbocycles. The Kier molecular flexibility index (Phi) is 8.98. The molecule has 2 heterocycles. The Balaban J connectivity index is 1.80. The van der Waals surface area contributed by atoms with Gasteiger partial charge < -0.3 is 20.2 Å². The molecule has 1 aromatic rings. The molecule has 0 spiro atoms.